The highest BCUT2D eigenvalue weighted by Gasteiger charge is 2.42. The largest absolute Gasteiger partial charge is 0.480 e. The van der Waals surface area contributed by atoms with Crippen LogP contribution in [-0.4, -0.2) is 112 Å². The Morgan fingerprint density at radius 1 is 0.639 bits per heavy atom. The van der Waals surface area contributed by atoms with E-state index < -0.39 is 66.6 Å². The van der Waals surface area contributed by atoms with E-state index in [1.165, 1.54) is 0 Å². The lowest BCUT2D eigenvalue weighted by Crippen LogP contribution is -2.57. The molecule has 5 rings (SSSR count). The zero-order valence-electron chi connectivity index (χ0n) is 34.2. The maximum Gasteiger partial charge on any atom is 0.326 e. The number of aliphatic carboxylic acids is 1. The standard InChI is InChI=1S/C46H56N4O11/c1-29-40(53)41(54)42(55)46(61-29)60-24-12-20-38(51)47-23-11-10-19-35(45(58)59)49-44(57)37(27-31-15-6-3-7-16-31)50-43(56)36(26-30-13-4-2-5-14-30)48-39(52)28-32-21-22-33-17-8-9-18-34(33)25-32/h2-9,13-18,21-22,25,29,35-37,40-42,46,53-55H,10-12,19-20,23-24,26-28H2,1H3,(H,47,51)(H,48,52)(H,49,57)(H,50,56)(H,58,59)/t29-,35-,36-,37-,40-,41+,42+,46+/m0/s1. The molecule has 4 aromatic rings. The van der Waals surface area contributed by atoms with Gasteiger partial charge in [0.2, 0.25) is 23.6 Å². The molecule has 0 saturated carbocycles. The molecule has 0 radical (unpaired) electrons. The zero-order chi connectivity index (χ0) is 43.7. The molecule has 0 aliphatic carbocycles. The fourth-order valence-corrected chi connectivity index (χ4v) is 7.07. The van der Waals surface area contributed by atoms with Crippen molar-refractivity contribution in [2.24, 2.45) is 0 Å². The van der Waals surface area contributed by atoms with Gasteiger partial charge in [-0.1, -0.05) is 103 Å². The van der Waals surface area contributed by atoms with E-state index in [4.69, 9.17) is 9.47 Å². The van der Waals surface area contributed by atoms with Crippen molar-refractivity contribution in [1.29, 1.82) is 0 Å². The second kappa shape index (κ2) is 23.3. The lowest BCUT2D eigenvalue weighted by atomic mass is 10.0. The lowest BCUT2D eigenvalue weighted by molar-refractivity contribution is -0.293. The molecule has 15 heteroatoms. The number of rotatable bonds is 22. The number of ether oxygens (including phenoxy) is 2. The van der Waals surface area contributed by atoms with Crippen molar-refractivity contribution in [1.82, 2.24) is 21.3 Å². The summed E-state index contributed by atoms with van der Waals surface area (Å²) in [6, 6.07) is 28.2. The normalized spacial score (nSPS) is 20.2. The molecule has 1 saturated heterocycles. The number of carboxylic acids is 1. The van der Waals surface area contributed by atoms with Gasteiger partial charge < -0.3 is 51.2 Å². The second-order valence-electron chi connectivity index (χ2n) is 15.3. The molecular formula is C46H56N4O11. The van der Waals surface area contributed by atoms with E-state index in [2.05, 4.69) is 21.3 Å². The first-order valence-electron chi connectivity index (χ1n) is 20.6. The van der Waals surface area contributed by atoms with Gasteiger partial charge in [-0.2, -0.15) is 0 Å². The number of aliphatic hydroxyl groups excluding tert-OH is 3. The predicted molar refractivity (Wildman–Crippen MR) is 226 cm³/mol. The first-order chi connectivity index (χ1) is 29.4. The number of carbonyl (C=O) groups excluding carboxylic acids is 4. The summed E-state index contributed by atoms with van der Waals surface area (Å²) in [6.45, 7) is 1.86. The monoisotopic (exact) mass is 840 g/mol. The molecule has 1 fully saturated rings. The Kier molecular flexibility index (Phi) is 17.7. The summed E-state index contributed by atoms with van der Waals surface area (Å²) in [4.78, 5) is 66.0. The minimum absolute atomic E-state index is 0.0250. The Hall–Kier alpha value is -5.71. The third-order valence-electron chi connectivity index (χ3n) is 10.5. The first-order valence-corrected chi connectivity index (χ1v) is 20.6. The van der Waals surface area contributed by atoms with Gasteiger partial charge in [0.25, 0.3) is 0 Å². The van der Waals surface area contributed by atoms with Crippen molar-refractivity contribution in [2.45, 2.75) is 107 Å². The number of carbonyl (C=O) groups is 5. The van der Waals surface area contributed by atoms with Crippen molar-refractivity contribution in [3.8, 4) is 0 Å². The average molecular weight is 841 g/mol. The summed E-state index contributed by atoms with van der Waals surface area (Å²) >= 11 is 0. The molecule has 0 spiro atoms. The molecule has 4 aromatic carbocycles. The van der Waals surface area contributed by atoms with Gasteiger partial charge in [-0.3, -0.25) is 19.2 Å². The van der Waals surface area contributed by atoms with Gasteiger partial charge in [-0.25, -0.2) is 4.79 Å². The zero-order valence-corrected chi connectivity index (χ0v) is 34.2. The minimum atomic E-state index is -1.43. The van der Waals surface area contributed by atoms with Crippen molar-refractivity contribution in [2.75, 3.05) is 13.2 Å². The smallest absolute Gasteiger partial charge is 0.326 e. The van der Waals surface area contributed by atoms with E-state index in [0.29, 0.717) is 19.3 Å². The number of benzene rings is 4. The molecule has 1 aliphatic rings. The molecule has 0 unspecified atom stereocenters. The summed E-state index contributed by atoms with van der Waals surface area (Å²) in [5.41, 5.74) is 2.29. The fraction of sp³-hybridized carbons (Fsp3) is 0.413. The highest BCUT2D eigenvalue weighted by molar-refractivity contribution is 5.94. The van der Waals surface area contributed by atoms with Crippen molar-refractivity contribution in [3.63, 3.8) is 0 Å². The van der Waals surface area contributed by atoms with Crippen LogP contribution in [-0.2, 0) is 52.7 Å². The van der Waals surface area contributed by atoms with Gasteiger partial charge in [0, 0.05) is 25.8 Å². The van der Waals surface area contributed by atoms with Crippen molar-refractivity contribution < 1.29 is 53.9 Å². The molecule has 0 bridgehead atoms. The average Bonchev–Trinajstić information content (AvgIpc) is 3.25. The van der Waals surface area contributed by atoms with Gasteiger partial charge in [0.05, 0.1) is 19.1 Å². The Morgan fingerprint density at radius 3 is 1.87 bits per heavy atom. The van der Waals surface area contributed by atoms with Gasteiger partial charge in [0.15, 0.2) is 6.29 Å². The summed E-state index contributed by atoms with van der Waals surface area (Å²) in [5.74, 6) is -3.21. The Labute approximate surface area is 354 Å². The first kappa shape index (κ1) is 46.4. The van der Waals surface area contributed by atoms with Crippen LogP contribution in [0.25, 0.3) is 10.8 Å². The third-order valence-corrected chi connectivity index (χ3v) is 10.5. The van der Waals surface area contributed by atoms with E-state index in [1.807, 2.05) is 78.9 Å². The van der Waals surface area contributed by atoms with E-state index in [9.17, 15) is 44.4 Å². The molecule has 0 aromatic heterocycles. The number of hydrogen-bond acceptors (Lipinski definition) is 10. The summed E-state index contributed by atoms with van der Waals surface area (Å²) in [7, 11) is 0. The van der Waals surface area contributed by atoms with Gasteiger partial charge in [-0.05, 0) is 60.1 Å². The van der Waals surface area contributed by atoms with Gasteiger partial charge in [0.1, 0.15) is 36.4 Å². The maximum atomic E-state index is 14.0. The van der Waals surface area contributed by atoms with Crippen LogP contribution < -0.4 is 21.3 Å². The van der Waals surface area contributed by atoms with Crippen molar-refractivity contribution in [3.05, 3.63) is 120 Å². The van der Waals surface area contributed by atoms with Crippen LogP contribution >= 0.6 is 0 Å². The van der Waals surface area contributed by atoms with Crippen molar-refractivity contribution >= 4 is 40.4 Å². The van der Waals surface area contributed by atoms with Crippen LogP contribution in [0.4, 0.5) is 0 Å². The number of fused-ring (bicyclic) bond motifs is 1. The van der Waals surface area contributed by atoms with Crippen LogP contribution in [0.5, 0.6) is 0 Å². The summed E-state index contributed by atoms with van der Waals surface area (Å²) < 4.78 is 10.8. The Morgan fingerprint density at radius 2 is 1.23 bits per heavy atom. The van der Waals surface area contributed by atoms with Gasteiger partial charge in [-0.15, -0.1) is 0 Å². The highest BCUT2D eigenvalue weighted by Crippen LogP contribution is 2.22. The fourth-order valence-electron chi connectivity index (χ4n) is 7.07. The third kappa shape index (κ3) is 14.5. The molecule has 326 valence electrons. The van der Waals surface area contributed by atoms with E-state index in [1.54, 1.807) is 31.2 Å². The summed E-state index contributed by atoms with van der Waals surface area (Å²) in [6.07, 6.45) is -4.52. The Balaban J connectivity index is 1.14. The molecule has 15 nitrogen and oxygen atoms in total. The number of unbranched alkanes of at least 4 members (excludes halogenated alkanes) is 1. The number of carboxylic acid groups (broad SMARTS) is 1. The number of nitrogens with one attached hydrogen (secondary N) is 4. The maximum absolute atomic E-state index is 14.0. The highest BCUT2D eigenvalue weighted by atomic mass is 16.7. The van der Waals surface area contributed by atoms with Crippen LogP contribution in [0.15, 0.2) is 103 Å². The molecule has 61 heavy (non-hydrogen) atoms. The van der Waals surface area contributed by atoms with E-state index >= 15 is 0 Å². The summed E-state index contributed by atoms with van der Waals surface area (Å²) in [5, 5.41) is 52.9. The van der Waals surface area contributed by atoms with Crippen LogP contribution in [0, 0.1) is 0 Å². The quantitative estimate of drug-likeness (QED) is 0.0536. The predicted octanol–water partition coefficient (Wildman–Crippen LogP) is 2.32. The lowest BCUT2D eigenvalue weighted by Gasteiger charge is -2.38. The van der Waals surface area contributed by atoms with Crippen LogP contribution in [0.2, 0.25) is 0 Å². The SMILES string of the molecule is C[C@@H]1O[C@@H](OCCCC(=O)NCCCC[C@H](NC(=O)[C@H](Cc2ccccc2)NC(=O)[C@H](Cc2ccccc2)NC(=O)Cc2ccc3ccccc3c2)C(=O)O)[C@H](O)[C@H](O)[C@H]1O. The topological polar surface area (TPSA) is 233 Å². The number of amides is 4. The Bertz CT molecular complexity index is 2050. The molecule has 1 heterocycles. The second-order valence-corrected chi connectivity index (χ2v) is 15.3. The number of aliphatic hydroxyl groups is 3. The molecule has 8 N–H and O–H groups in total. The molecule has 8 atom stereocenters. The number of hydrogen-bond donors (Lipinski definition) is 8. The molecular weight excluding hydrogens is 785 g/mol. The van der Waals surface area contributed by atoms with Crippen LogP contribution in [0.1, 0.15) is 55.7 Å². The van der Waals surface area contributed by atoms with Gasteiger partial charge >= 0.3 is 5.97 Å². The molecule has 4 amide bonds. The molecule has 1 aliphatic heterocycles. The van der Waals surface area contributed by atoms with E-state index in [-0.39, 0.29) is 57.1 Å². The van der Waals surface area contributed by atoms with Crippen LogP contribution in [0.3, 0.4) is 0 Å². The van der Waals surface area contributed by atoms with E-state index in [0.717, 1.165) is 27.5 Å². The minimum Gasteiger partial charge on any atom is -0.480 e.